The average Bonchev–Trinajstić information content (AvgIpc) is 2.94. The molecule has 0 spiro atoms. The van der Waals surface area contributed by atoms with Crippen molar-refractivity contribution < 1.29 is 9.26 Å². The number of anilines is 1. The fourth-order valence-electron chi connectivity index (χ4n) is 3.00. The van der Waals surface area contributed by atoms with Gasteiger partial charge in [0.2, 0.25) is 5.89 Å². The molecule has 3 rings (SSSR count). The minimum atomic E-state index is -0.102. The lowest BCUT2D eigenvalue weighted by Gasteiger charge is -2.23. The number of benzene rings is 1. The zero-order valence-corrected chi connectivity index (χ0v) is 15.7. The molecule has 1 aromatic heterocycles. The summed E-state index contributed by atoms with van der Waals surface area (Å²) in [6.45, 7) is 11.1. The largest absolute Gasteiger partial charge is 0.497 e. The Bertz CT molecular complexity index is 675. The third-order valence-electron chi connectivity index (χ3n) is 4.50. The standard InChI is InChI=1S/C19H28N4O2/c1-19(2,3)18-20-17(21-25-18)14-22-10-5-11-23(13-12-22)15-6-8-16(24-4)9-7-15/h6-9H,5,10-14H2,1-4H3. The summed E-state index contributed by atoms with van der Waals surface area (Å²) >= 11 is 0. The summed E-state index contributed by atoms with van der Waals surface area (Å²) in [5, 5.41) is 4.15. The van der Waals surface area contributed by atoms with Gasteiger partial charge in [0.05, 0.1) is 13.7 Å². The zero-order valence-electron chi connectivity index (χ0n) is 15.7. The van der Waals surface area contributed by atoms with Crippen LogP contribution >= 0.6 is 0 Å². The van der Waals surface area contributed by atoms with Gasteiger partial charge in [-0.15, -0.1) is 0 Å². The summed E-state index contributed by atoms with van der Waals surface area (Å²) in [6.07, 6.45) is 1.12. The molecular weight excluding hydrogens is 316 g/mol. The maximum absolute atomic E-state index is 5.40. The summed E-state index contributed by atoms with van der Waals surface area (Å²) in [5.74, 6) is 2.38. The first-order valence-electron chi connectivity index (χ1n) is 8.90. The van der Waals surface area contributed by atoms with Crippen LogP contribution in [0.2, 0.25) is 0 Å². The van der Waals surface area contributed by atoms with Gasteiger partial charge in [0, 0.05) is 37.3 Å². The molecule has 2 heterocycles. The second kappa shape index (κ2) is 7.44. The molecule has 0 radical (unpaired) electrons. The van der Waals surface area contributed by atoms with E-state index in [4.69, 9.17) is 9.26 Å². The fourth-order valence-corrected chi connectivity index (χ4v) is 3.00. The first-order valence-corrected chi connectivity index (χ1v) is 8.90. The highest BCUT2D eigenvalue weighted by Crippen LogP contribution is 2.22. The van der Waals surface area contributed by atoms with Crippen LogP contribution in [0.15, 0.2) is 28.8 Å². The van der Waals surface area contributed by atoms with Crippen LogP contribution in [0, 0.1) is 0 Å². The Balaban J connectivity index is 1.58. The van der Waals surface area contributed by atoms with Crippen LogP contribution in [0.4, 0.5) is 5.69 Å². The molecule has 2 aromatic rings. The van der Waals surface area contributed by atoms with E-state index in [-0.39, 0.29) is 5.41 Å². The molecule has 1 aliphatic rings. The van der Waals surface area contributed by atoms with Crippen molar-refractivity contribution in [3.05, 3.63) is 36.0 Å². The van der Waals surface area contributed by atoms with Gasteiger partial charge in [0.1, 0.15) is 5.75 Å². The van der Waals surface area contributed by atoms with Crippen molar-refractivity contribution in [3.63, 3.8) is 0 Å². The third kappa shape index (κ3) is 4.51. The Kier molecular flexibility index (Phi) is 5.27. The normalized spacial score (nSPS) is 16.7. The van der Waals surface area contributed by atoms with Crippen LogP contribution in [0.5, 0.6) is 5.75 Å². The number of aromatic nitrogens is 2. The highest BCUT2D eigenvalue weighted by Gasteiger charge is 2.23. The van der Waals surface area contributed by atoms with E-state index in [1.807, 2.05) is 12.1 Å². The Morgan fingerprint density at radius 2 is 1.84 bits per heavy atom. The molecule has 6 nitrogen and oxygen atoms in total. The van der Waals surface area contributed by atoms with Crippen molar-refractivity contribution in [2.45, 2.75) is 39.2 Å². The van der Waals surface area contributed by atoms with Gasteiger partial charge in [-0.3, -0.25) is 4.90 Å². The monoisotopic (exact) mass is 344 g/mol. The highest BCUT2D eigenvalue weighted by atomic mass is 16.5. The van der Waals surface area contributed by atoms with Gasteiger partial charge in [-0.2, -0.15) is 4.98 Å². The van der Waals surface area contributed by atoms with E-state index in [0.717, 1.165) is 50.7 Å². The average molecular weight is 344 g/mol. The molecule has 1 aromatic carbocycles. The lowest BCUT2D eigenvalue weighted by Crippen LogP contribution is -2.30. The number of rotatable bonds is 4. The SMILES string of the molecule is COc1ccc(N2CCCN(Cc3noc(C(C)(C)C)n3)CC2)cc1. The summed E-state index contributed by atoms with van der Waals surface area (Å²) in [7, 11) is 1.70. The van der Waals surface area contributed by atoms with Gasteiger partial charge in [0.15, 0.2) is 5.82 Å². The maximum Gasteiger partial charge on any atom is 0.232 e. The van der Waals surface area contributed by atoms with Crippen molar-refractivity contribution >= 4 is 5.69 Å². The summed E-state index contributed by atoms with van der Waals surface area (Å²) in [6, 6.07) is 8.29. The quantitative estimate of drug-likeness (QED) is 0.849. The Morgan fingerprint density at radius 3 is 2.48 bits per heavy atom. The van der Waals surface area contributed by atoms with E-state index < -0.39 is 0 Å². The van der Waals surface area contributed by atoms with E-state index in [9.17, 15) is 0 Å². The van der Waals surface area contributed by atoms with Crippen LogP contribution in [-0.2, 0) is 12.0 Å². The molecular formula is C19H28N4O2. The van der Waals surface area contributed by atoms with Gasteiger partial charge < -0.3 is 14.2 Å². The van der Waals surface area contributed by atoms with Crippen molar-refractivity contribution in [2.75, 3.05) is 38.2 Å². The van der Waals surface area contributed by atoms with E-state index in [2.05, 4.69) is 52.8 Å². The molecule has 25 heavy (non-hydrogen) atoms. The minimum Gasteiger partial charge on any atom is -0.497 e. The Morgan fingerprint density at radius 1 is 1.08 bits per heavy atom. The third-order valence-corrected chi connectivity index (χ3v) is 4.50. The fraction of sp³-hybridized carbons (Fsp3) is 0.579. The van der Waals surface area contributed by atoms with Crippen molar-refractivity contribution in [3.8, 4) is 5.75 Å². The molecule has 1 fully saturated rings. The van der Waals surface area contributed by atoms with E-state index in [0.29, 0.717) is 5.89 Å². The van der Waals surface area contributed by atoms with Crippen LogP contribution in [0.3, 0.4) is 0 Å². The lowest BCUT2D eigenvalue weighted by molar-refractivity contribution is 0.269. The van der Waals surface area contributed by atoms with Crippen LogP contribution in [0.1, 0.15) is 38.9 Å². The summed E-state index contributed by atoms with van der Waals surface area (Å²) in [5.41, 5.74) is 1.15. The smallest absolute Gasteiger partial charge is 0.232 e. The molecule has 0 N–H and O–H groups in total. The molecule has 0 unspecified atom stereocenters. The summed E-state index contributed by atoms with van der Waals surface area (Å²) in [4.78, 5) is 9.39. The van der Waals surface area contributed by atoms with E-state index in [1.165, 1.54) is 5.69 Å². The number of hydrogen-bond donors (Lipinski definition) is 0. The van der Waals surface area contributed by atoms with Crippen molar-refractivity contribution in [1.82, 2.24) is 15.0 Å². The molecule has 0 atom stereocenters. The predicted molar refractivity (Wildman–Crippen MR) is 98.1 cm³/mol. The van der Waals surface area contributed by atoms with E-state index >= 15 is 0 Å². The molecule has 1 aliphatic heterocycles. The first-order chi connectivity index (χ1) is 12.0. The number of ether oxygens (including phenoxy) is 1. The van der Waals surface area contributed by atoms with Crippen LogP contribution in [0.25, 0.3) is 0 Å². The minimum absolute atomic E-state index is 0.102. The Hall–Kier alpha value is -2.08. The van der Waals surface area contributed by atoms with Crippen molar-refractivity contribution in [1.29, 1.82) is 0 Å². The predicted octanol–water partition coefficient (Wildman–Crippen LogP) is 3.09. The summed E-state index contributed by atoms with van der Waals surface area (Å²) < 4.78 is 10.6. The Labute approximate surface area is 149 Å². The van der Waals surface area contributed by atoms with Crippen molar-refractivity contribution in [2.24, 2.45) is 0 Å². The van der Waals surface area contributed by atoms with Crippen LogP contribution < -0.4 is 9.64 Å². The zero-order chi connectivity index (χ0) is 17.9. The second-order valence-corrected chi connectivity index (χ2v) is 7.58. The molecule has 136 valence electrons. The molecule has 0 saturated carbocycles. The first kappa shape index (κ1) is 17.7. The van der Waals surface area contributed by atoms with Gasteiger partial charge in [0.25, 0.3) is 0 Å². The molecule has 1 saturated heterocycles. The topological polar surface area (TPSA) is 54.6 Å². The number of nitrogens with zero attached hydrogens (tertiary/aromatic N) is 4. The maximum atomic E-state index is 5.40. The molecule has 0 bridgehead atoms. The molecule has 0 amide bonds. The molecule has 6 heteroatoms. The van der Waals surface area contributed by atoms with E-state index in [1.54, 1.807) is 7.11 Å². The van der Waals surface area contributed by atoms with Gasteiger partial charge in [-0.25, -0.2) is 0 Å². The van der Waals surface area contributed by atoms with Gasteiger partial charge in [-0.1, -0.05) is 25.9 Å². The highest BCUT2D eigenvalue weighted by molar-refractivity contribution is 5.49. The number of hydrogen-bond acceptors (Lipinski definition) is 6. The van der Waals surface area contributed by atoms with Crippen LogP contribution in [-0.4, -0.2) is 48.3 Å². The van der Waals surface area contributed by atoms with Gasteiger partial charge >= 0.3 is 0 Å². The molecule has 0 aliphatic carbocycles. The second-order valence-electron chi connectivity index (χ2n) is 7.58. The lowest BCUT2D eigenvalue weighted by atomic mass is 9.97. The number of methoxy groups -OCH3 is 1. The van der Waals surface area contributed by atoms with Gasteiger partial charge in [-0.05, 0) is 30.7 Å².